The first-order chi connectivity index (χ1) is 7.29. The molecule has 0 saturated carbocycles. The van der Waals surface area contributed by atoms with Crippen LogP contribution in [0.1, 0.15) is 48.5 Å². The van der Waals surface area contributed by atoms with E-state index in [0.717, 1.165) is 0 Å². The highest BCUT2D eigenvalue weighted by atomic mass is 16.7. The van der Waals surface area contributed by atoms with E-state index in [4.69, 9.17) is 9.31 Å². The average molecular weight is 244 g/mol. The van der Waals surface area contributed by atoms with E-state index in [1.54, 1.807) is 20.8 Å². The fraction of sp³-hybridized carbons (Fsp3) is 1.00. The zero-order chi connectivity index (χ0) is 13.7. The van der Waals surface area contributed by atoms with E-state index < -0.39 is 29.5 Å². The van der Waals surface area contributed by atoms with Crippen molar-refractivity contribution in [2.45, 2.75) is 77.2 Å². The van der Waals surface area contributed by atoms with E-state index in [0.29, 0.717) is 0 Å². The first-order valence-corrected chi connectivity index (χ1v) is 6.09. The quantitative estimate of drug-likeness (QED) is 0.740. The SMILES string of the molecule is CC(C)(O)C(C)(O)CB1OC(C)(C)C(C)(C)O1. The minimum atomic E-state index is -1.26. The zero-order valence-electron chi connectivity index (χ0n) is 12.0. The molecule has 4 nitrogen and oxygen atoms in total. The Balaban J connectivity index is 2.75. The van der Waals surface area contributed by atoms with Crippen molar-refractivity contribution in [3.63, 3.8) is 0 Å². The van der Waals surface area contributed by atoms with Crippen LogP contribution in [0.3, 0.4) is 0 Å². The summed E-state index contributed by atoms with van der Waals surface area (Å²) < 4.78 is 11.6. The standard InChI is InChI=1S/C12H25BO4/c1-9(2,14)12(7,15)8-13-16-10(3,4)11(5,6)17-13/h14-15H,8H2,1-7H3. The molecule has 17 heavy (non-hydrogen) atoms. The van der Waals surface area contributed by atoms with Crippen LogP contribution < -0.4 is 0 Å². The molecule has 0 radical (unpaired) electrons. The van der Waals surface area contributed by atoms with Gasteiger partial charge in [-0.2, -0.15) is 0 Å². The summed E-state index contributed by atoms with van der Waals surface area (Å²) in [6.07, 6.45) is 0.239. The normalized spacial score (nSPS) is 27.0. The van der Waals surface area contributed by atoms with E-state index in [1.165, 1.54) is 0 Å². The Bertz CT molecular complexity index is 275. The van der Waals surface area contributed by atoms with Crippen molar-refractivity contribution >= 4 is 7.12 Å². The Morgan fingerprint density at radius 3 is 1.59 bits per heavy atom. The lowest BCUT2D eigenvalue weighted by Gasteiger charge is -2.36. The lowest BCUT2D eigenvalue weighted by atomic mass is 9.69. The van der Waals surface area contributed by atoms with Gasteiger partial charge in [0.15, 0.2) is 0 Å². The summed E-state index contributed by atoms with van der Waals surface area (Å²) >= 11 is 0. The molecule has 1 atom stereocenters. The predicted octanol–water partition coefficient (Wildman–Crippen LogP) is 1.60. The molecule has 0 aromatic rings. The van der Waals surface area contributed by atoms with Crippen LogP contribution in [0.4, 0.5) is 0 Å². The smallest absolute Gasteiger partial charge is 0.403 e. The van der Waals surface area contributed by atoms with Gasteiger partial charge in [0, 0.05) is 6.32 Å². The summed E-state index contributed by atoms with van der Waals surface area (Å²) in [5.74, 6) is 0. The van der Waals surface area contributed by atoms with Crippen molar-refractivity contribution in [1.29, 1.82) is 0 Å². The van der Waals surface area contributed by atoms with Crippen molar-refractivity contribution in [3.8, 4) is 0 Å². The van der Waals surface area contributed by atoms with Crippen molar-refractivity contribution in [3.05, 3.63) is 0 Å². The molecule has 1 aliphatic rings. The van der Waals surface area contributed by atoms with Gasteiger partial charge in [0.1, 0.15) is 0 Å². The predicted molar refractivity (Wildman–Crippen MR) is 67.8 cm³/mol. The fourth-order valence-corrected chi connectivity index (χ4v) is 1.62. The molecule has 1 rings (SSSR count). The Morgan fingerprint density at radius 1 is 0.941 bits per heavy atom. The topological polar surface area (TPSA) is 58.9 Å². The third-order valence-corrected chi connectivity index (χ3v) is 4.18. The highest BCUT2D eigenvalue weighted by molar-refractivity contribution is 6.45. The Kier molecular flexibility index (Phi) is 3.48. The first kappa shape index (κ1) is 15.0. The van der Waals surface area contributed by atoms with Crippen molar-refractivity contribution in [2.24, 2.45) is 0 Å². The van der Waals surface area contributed by atoms with Crippen LogP contribution in [0, 0.1) is 0 Å². The summed E-state index contributed by atoms with van der Waals surface area (Å²) in [5, 5.41) is 20.1. The van der Waals surface area contributed by atoms with Gasteiger partial charge in [-0.05, 0) is 48.5 Å². The largest absolute Gasteiger partial charge is 0.460 e. The van der Waals surface area contributed by atoms with Gasteiger partial charge in [0.2, 0.25) is 0 Å². The molecule has 2 N–H and O–H groups in total. The van der Waals surface area contributed by atoms with Crippen LogP contribution in [0.5, 0.6) is 0 Å². The van der Waals surface area contributed by atoms with Gasteiger partial charge in [0.25, 0.3) is 0 Å². The Morgan fingerprint density at radius 2 is 1.29 bits per heavy atom. The van der Waals surface area contributed by atoms with Crippen molar-refractivity contribution in [1.82, 2.24) is 0 Å². The molecule has 0 spiro atoms. The van der Waals surface area contributed by atoms with Gasteiger partial charge in [-0.1, -0.05) is 0 Å². The molecule has 1 unspecified atom stereocenters. The van der Waals surface area contributed by atoms with E-state index in [9.17, 15) is 10.2 Å². The van der Waals surface area contributed by atoms with E-state index in [-0.39, 0.29) is 6.32 Å². The van der Waals surface area contributed by atoms with Gasteiger partial charge in [0.05, 0.1) is 22.4 Å². The zero-order valence-corrected chi connectivity index (χ0v) is 12.0. The molecule has 0 bridgehead atoms. The van der Waals surface area contributed by atoms with Gasteiger partial charge < -0.3 is 19.5 Å². The van der Waals surface area contributed by atoms with Crippen LogP contribution in [0.25, 0.3) is 0 Å². The molecule has 1 heterocycles. The lowest BCUT2D eigenvalue weighted by molar-refractivity contribution is -0.110. The van der Waals surface area contributed by atoms with Gasteiger partial charge in [-0.3, -0.25) is 0 Å². The minimum absolute atomic E-state index is 0.239. The highest BCUT2D eigenvalue weighted by Gasteiger charge is 2.54. The second-order valence-corrected chi connectivity index (χ2v) is 6.72. The second kappa shape index (κ2) is 3.95. The number of aliphatic hydroxyl groups is 2. The summed E-state index contributed by atoms with van der Waals surface area (Å²) in [4.78, 5) is 0. The third kappa shape index (κ3) is 2.84. The Hall–Kier alpha value is -0.0951. The van der Waals surface area contributed by atoms with Crippen molar-refractivity contribution < 1.29 is 19.5 Å². The summed E-state index contributed by atoms with van der Waals surface area (Å²) in [6.45, 7) is 12.6. The molecule has 5 heteroatoms. The Labute approximate surface area is 104 Å². The van der Waals surface area contributed by atoms with E-state index in [1.807, 2.05) is 27.7 Å². The molecule has 100 valence electrons. The highest BCUT2D eigenvalue weighted by Crippen LogP contribution is 2.40. The molecule has 1 fully saturated rings. The molecular formula is C12H25BO4. The number of hydrogen-bond acceptors (Lipinski definition) is 4. The first-order valence-electron chi connectivity index (χ1n) is 6.09. The van der Waals surface area contributed by atoms with Crippen LogP contribution >= 0.6 is 0 Å². The van der Waals surface area contributed by atoms with Crippen LogP contribution in [0.2, 0.25) is 6.32 Å². The van der Waals surface area contributed by atoms with E-state index in [2.05, 4.69) is 0 Å². The maximum absolute atomic E-state index is 10.2. The summed E-state index contributed by atoms with van der Waals surface area (Å²) in [7, 11) is -0.499. The average Bonchev–Trinajstić information content (AvgIpc) is 2.15. The minimum Gasteiger partial charge on any atom is -0.403 e. The van der Waals surface area contributed by atoms with Crippen LogP contribution in [-0.2, 0) is 9.31 Å². The number of hydrogen-bond donors (Lipinski definition) is 2. The third-order valence-electron chi connectivity index (χ3n) is 4.18. The molecule has 0 amide bonds. The van der Waals surface area contributed by atoms with E-state index >= 15 is 0 Å². The monoisotopic (exact) mass is 244 g/mol. The molecule has 1 aliphatic heterocycles. The van der Waals surface area contributed by atoms with Crippen molar-refractivity contribution in [2.75, 3.05) is 0 Å². The molecular weight excluding hydrogens is 219 g/mol. The molecule has 1 saturated heterocycles. The second-order valence-electron chi connectivity index (χ2n) is 6.72. The molecule has 0 aliphatic carbocycles. The number of rotatable bonds is 3. The van der Waals surface area contributed by atoms with Gasteiger partial charge >= 0.3 is 7.12 Å². The molecule has 0 aromatic carbocycles. The summed E-state index contributed by atoms with van der Waals surface area (Å²) in [6, 6.07) is 0. The molecule has 0 aromatic heterocycles. The lowest BCUT2D eigenvalue weighted by Crippen LogP contribution is -2.50. The maximum atomic E-state index is 10.2. The van der Waals surface area contributed by atoms with Gasteiger partial charge in [-0.15, -0.1) is 0 Å². The van der Waals surface area contributed by atoms with Gasteiger partial charge in [-0.25, -0.2) is 0 Å². The van der Waals surface area contributed by atoms with Crippen LogP contribution in [-0.4, -0.2) is 39.7 Å². The maximum Gasteiger partial charge on any atom is 0.460 e. The summed E-state index contributed by atoms with van der Waals surface area (Å²) in [5.41, 5.74) is -3.27. The van der Waals surface area contributed by atoms with Crippen LogP contribution in [0.15, 0.2) is 0 Å². The fourth-order valence-electron chi connectivity index (χ4n) is 1.62.